The molecule has 1 heterocycles. The molecular formula is C27H32BrClN2O2. The van der Waals surface area contributed by atoms with E-state index < -0.39 is 0 Å². The van der Waals surface area contributed by atoms with E-state index in [4.69, 9.17) is 16.3 Å². The highest BCUT2D eigenvalue weighted by atomic mass is 79.9. The van der Waals surface area contributed by atoms with Gasteiger partial charge in [-0.2, -0.15) is 0 Å². The number of hydrogen-bond acceptors (Lipinski definition) is 4. The van der Waals surface area contributed by atoms with Crippen LogP contribution in [-0.2, 0) is 4.74 Å². The van der Waals surface area contributed by atoms with Crippen LogP contribution >= 0.6 is 27.5 Å². The maximum atomic E-state index is 11.9. The van der Waals surface area contributed by atoms with Gasteiger partial charge in [0.15, 0.2) is 0 Å². The Morgan fingerprint density at radius 3 is 2.42 bits per heavy atom. The van der Waals surface area contributed by atoms with Gasteiger partial charge in [-0.3, -0.25) is 4.90 Å². The van der Waals surface area contributed by atoms with Crippen molar-refractivity contribution in [3.8, 4) is 0 Å². The number of allylic oxidation sites excluding steroid dienone is 1. The first-order chi connectivity index (χ1) is 15.8. The smallest absolute Gasteiger partial charge is 0.339 e. The van der Waals surface area contributed by atoms with Gasteiger partial charge >= 0.3 is 5.97 Å². The molecule has 0 unspecified atom stereocenters. The largest absolute Gasteiger partial charge is 0.465 e. The highest BCUT2D eigenvalue weighted by Crippen LogP contribution is 2.42. The number of ether oxygens (including phenoxy) is 1. The molecule has 0 saturated carbocycles. The SMILES string of the molecule is COC(=O)c1ccc(N2CCN(CC3=C(c4ccc(Cl)cc4)CCC(C)(C)C3)CC2)cc1Br. The Morgan fingerprint density at radius 2 is 1.79 bits per heavy atom. The summed E-state index contributed by atoms with van der Waals surface area (Å²) in [6.07, 6.45) is 3.50. The van der Waals surface area contributed by atoms with Crippen molar-refractivity contribution in [3.63, 3.8) is 0 Å². The molecule has 2 aliphatic rings. The summed E-state index contributed by atoms with van der Waals surface area (Å²) in [5.74, 6) is -0.321. The summed E-state index contributed by atoms with van der Waals surface area (Å²) in [5, 5.41) is 0.791. The van der Waals surface area contributed by atoms with Crippen LogP contribution in [-0.4, -0.2) is 50.7 Å². The average molecular weight is 532 g/mol. The van der Waals surface area contributed by atoms with Crippen molar-refractivity contribution in [1.29, 1.82) is 0 Å². The predicted octanol–water partition coefficient (Wildman–Crippen LogP) is 6.68. The fraction of sp³-hybridized carbons (Fsp3) is 0.444. The topological polar surface area (TPSA) is 32.8 Å². The number of anilines is 1. The number of piperazine rings is 1. The summed E-state index contributed by atoms with van der Waals surface area (Å²) in [5.41, 5.74) is 6.44. The van der Waals surface area contributed by atoms with E-state index in [-0.39, 0.29) is 5.97 Å². The molecule has 1 saturated heterocycles. The Morgan fingerprint density at radius 1 is 1.09 bits per heavy atom. The third kappa shape index (κ3) is 5.82. The van der Waals surface area contributed by atoms with E-state index in [2.05, 4.69) is 51.7 Å². The van der Waals surface area contributed by atoms with Gasteiger partial charge in [-0.15, -0.1) is 0 Å². The van der Waals surface area contributed by atoms with Crippen LogP contribution in [0.25, 0.3) is 5.57 Å². The molecule has 0 aromatic heterocycles. The first-order valence-corrected chi connectivity index (χ1v) is 12.7. The second-order valence-electron chi connectivity index (χ2n) is 9.85. The number of nitrogens with zero attached hydrogens (tertiary/aromatic N) is 2. The summed E-state index contributed by atoms with van der Waals surface area (Å²) >= 11 is 9.66. The molecule has 0 amide bonds. The highest BCUT2D eigenvalue weighted by Gasteiger charge is 2.29. The summed E-state index contributed by atoms with van der Waals surface area (Å²) in [6, 6.07) is 14.2. The Balaban J connectivity index is 1.45. The molecule has 176 valence electrons. The number of carbonyl (C=O) groups is 1. The summed E-state index contributed by atoms with van der Waals surface area (Å²) in [6.45, 7) is 9.79. The van der Waals surface area contributed by atoms with Gasteiger partial charge < -0.3 is 9.64 Å². The predicted molar refractivity (Wildman–Crippen MR) is 140 cm³/mol. The Bertz CT molecular complexity index is 1040. The average Bonchev–Trinajstić information content (AvgIpc) is 2.79. The number of hydrogen-bond donors (Lipinski definition) is 0. The zero-order valence-electron chi connectivity index (χ0n) is 19.7. The number of carbonyl (C=O) groups excluding carboxylic acids is 1. The number of halogens is 2. The summed E-state index contributed by atoms with van der Waals surface area (Å²) in [7, 11) is 1.41. The minimum absolute atomic E-state index is 0.321. The van der Waals surface area contributed by atoms with E-state index in [0.29, 0.717) is 11.0 Å². The van der Waals surface area contributed by atoms with Crippen molar-refractivity contribution in [2.45, 2.75) is 33.1 Å². The zero-order chi connectivity index (χ0) is 23.6. The molecule has 2 aromatic rings. The summed E-state index contributed by atoms with van der Waals surface area (Å²) < 4.78 is 5.62. The quantitative estimate of drug-likeness (QED) is 0.403. The van der Waals surface area contributed by atoms with E-state index >= 15 is 0 Å². The molecule has 1 fully saturated rings. The maximum Gasteiger partial charge on any atom is 0.339 e. The third-order valence-electron chi connectivity index (χ3n) is 6.87. The van der Waals surface area contributed by atoms with Gasteiger partial charge in [-0.1, -0.05) is 43.2 Å². The Hall–Kier alpha value is -1.82. The molecule has 0 spiro atoms. The van der Waals surface area contributed by atoms with Crippen LogP contribution in [0.3, 0.4) is 0 Å². The molecular weight excluding hydrogens is 500 g/mol. The van der Waals surface area contributed by atoms with Gasteiger partial charge in [0.25, 0.3) is 0 Å². The lowest BCUT2D eigenvalue weighted by atomic mass is 9.73. The zero-order valence-corrected chi connectivity index (χ0v) is 22.0. The van der Waals surface area contributed by atoms with Crippen molar-refractivity contribution in [3.05, 3.63) is 68.7 Å². The fourth-order valence-electron chi connectivity index (χ4n) is 4.97. The minimum atomic E-state index is -0.321. The van der Waals surface area contributed by atoms with Crippen LogP contribution in [0.1, 0.15) is 49.0 Å². The van der Waals surface area contributed by atoms with Crippen LogP contribution in [0.4, 0.5) is 5.69 Å². The van der Waals surface area contributed by atoms with E-state index in [1.54, 1.807) is 5.57 Å². The van der Waals surface area contributed by atoms with Gasteiger partial charge in [-0.05, 0) is 82.1 Å². The molecule has 2 aromatic carbocycles. The molecule has 4 rings (SSSR count). The number of benzene rings is 2. The number of esters is 1. The van der Waals surface area contributed by atoms with Gasteiger partial charge in [0, 0.05) is 47.9 Å². The van der Waals surface area contributed by atoms with Crippen molar-refractivity contribution in [2.24, 2.45) is 5.41 Å². The fourth-order valence-corrected chi connectivity index (χ4v) is 5.63. The Labute approximate surface area is 210 Å². The minimum Gasteiger partial charge on any atom is -0.465 e. The lowest BCUT2D eigenvalue weighted by molar-refractivity contribution is 0.0599. The van der Waals surface area contributed by atoms with Crippen LogP contribution < -0.4 is 4.90 Å². The first kappa shape index (κ1) is 24.3. The van der Waals surface area contributed by atoms with Gasteiger partial charge in [-0.25, -0.2) is 4.79 Å². The summed E-state index contributed by atoms with van der Waals surface area (Å²) in [4.78, 5) is 16.8. The van der Waals surface area contributed by atoms with Gasteiger partial charge in [0.05, 0.1) is 12.7 Å². The van der Waals surface area contributed by atoms with Crippen molar-refractivity contribution < 1.29 is 9.53 Å². The van der Waals surface area contributed by atoms with Gasteiger partial charge in [0.1, 0.15) is 0 Å². The van der Waals surface area contributed by atoms with Crippen molar-refractivity contribution in [1.82, 2.24) is 4.90 Å². The second kappa shape index (κ2) is 10.2. The van der Waals surface area contributed by atoms with Crippen LogP contribution in [0, 0.1) is 5.41 Å². The van der Waals surface area contributed by atoms with Crippen LogP contribution in [0.5, 0.6) is 0 Å². The highest BCUT2D eigenvalue weighted by molar-refractivity contribution is 9.10. The maximum absolute atomic E-state index is 11.9. The molecule has 0 atom stereocenters. The normalized spacial score (nSPS) is 19.0. The molecule has 0 N–H and O–H groups in total. The molecule has 0 radical (unpaired) electrons. The molecule has 0 bridgehead atoms. The lowest BCUT2D eigenvalue weighted by Gasteiger charge is -2.39. The van der Waals surface area contributed by atoms with Crippen molar-refractivity contribution >= 4 is 44.8 Å². The standard InChI is InChI=1S/C27H32BrClN2O2/c1-27(2)11-10-23(19-4-6-21(29)7-5-19)20(17-27)18-30-12-14-31(15-13-30)22-8-9-24(25(28)16-22)26(32)33-3/h4-9,16H,10-15,17-18H2,1-3H3. The van der Waals surface area contributed by atoms with Crippen molar-refractivity contribution in [2.75, 3.05) is 44.7 Å². The molecule has 6 heteroatoms. The molecule has 1 aliphatic heterocycles. The number of rotatable bonds is 5. The lowest BCUT2D eigenvalue weighted by Crippen LogP contribution is -2.47. The molecule has 33 heavy (non-hydrogen) atoms. The van der Waals surface area contributed by atoms with E-state index in [9.17, 15) is 4.79 Å². The van der Waals surface area contributed by atoms with E-state index in [0.717, 1.165) is 60.7 Å². The Kier molecular flexibility index (Phi) is 7.52. The monoisotopic (exact) mass is 530 g/mol. The molecule has 4 nitrogen and oxygen atoms in total. The number of methoxy groups -OCH3 is 1. The second-order valence-corrected chi connectivity index (χ2v) is 11.1. The first-order valence-electron chi connectivity index (χ1n) is 11.6. The van der Waals surface area contributed by atoms with Gasteiger partial charge in [0.2, 0.25) is 0 Å². The van der Waals surface area contributed by atoms with E-state index in [1.165, 1.54) is 24.7 Å². The van der Waals surface area contributed by atoms with E-state index in [1.807, 2.05) is 30.3 Å². The van der Waals surface area contributed by atoms with Crippen LogP contribution in [0.15, 0.2) is 52.5 Å². The van der Waals surface area contributed by atoms with Crippen LogP contribution in [0.2, 0.25) is 5.02 Å². The molecule has 1 aliphatic carbocycles. The third-order valence-corrected chi connectivity index (χ3v) is 7.78.